The van der Waals surface area contributed by atoms with Gasteiger partial charge in [0.15, 0.2) is 0 Å². The molecule has 1 heterocycles. The topological polar surface area (TPSA) is 65.3 Å². The molecule has 0 amide bonds. The molecule has 0 aliphatic heterocycles. The van der Waals surface area contributed by atoms with Crippen LogP contribution in [0.3, 0.4) is 0 Å². The van der Waals surface area contributed by atoms with Gasteiger partial charge in [-0.15, -0.1) is 11.6 Å². The van der Waals surface area contributed by atoms with Gasteiger partial charge in [0.05, 0.1) is 5.88 Å². The summed E-state index contributed by atoms with van der Waals surface area (Å²) < 4.78 is 6.44. The van der Waals surface area contributed by atoms with Crippen molar-refractivity contribution in [2.24, 2.45) is 4.99 Å². The number of aliphatic imine (C=N–C) groups is 1. The molecular weight excluding hydrogens is 242 g/mol. The number of rotatable bonds is 4. The Balaban J connectivity index is 2.09. The first-order valence-electron chi connectivity index (χ1n) is 4.99. The molecule has 6 heteroatoms. The SMILES string of the molecule is [O-]/C(CCl)=N\c1c[n+](Cc2ccccc2)no1. The lowest BCUT2D eigenvalue weighted by Crippen LogP contribution is -2.34. The Hall–Kier alpha value is -1.88. The second kappa shape index (κ2) is 5.45. The standard InChI is InChI=1S/C11H10ClN3O2/c12-6-10(16)13-11-8-15(14-17-11)7-9-4-2-1-3-5-9/h1-5,8H,6-7H2. The highest BCUT2D eigenvalue weighted by Gasteiger charge is 2.10. The van der Waals surface area contributed by atoms with E-state index in [9.17, 15) is 5.11 Å². The third-order valence-corrected chi connectivity index (χ3v) is 2.26. The fraction of sp³-hybridized carbons (Fsp3) is 0.182. The predicted octanol–water partition coefficient (Wildman–Crippen LogP) is 0.639. The van der Waals surface area contributed by atoms with Crippen molar-refractivity contribution >= 4 is 23.4 Å². The van der Waals surface area contributed by atoms with Gasteiger partial charge < -0.3 is 5.11 Å². The molecule has 0 N–H and O–H groups in total. The minimum atomic E-state index is -0.449. The van der Waals surface area contributed by atoms with Crippen LogP contribution in [0.1, 0.15) is 5.56 Å². The number of aromatic nitrogens is 2. The summed E-state index contributed by atoms with van der Waals surface area (Å²) >= 11 is 5.33. The molecule has 0 bridgehead atoms. The van der Waals surface area contributed by atoms with Crippen molar-refractivity contribution < 1.29 is 14.3 Å². The van der Waals surface area contributed by atoms with Gasteiger partial charge in [0.2, 0.25) is 11.8 Å². The van der Waals surface area contributed by atoms with Crippen LogP contribution in [0, 0.1) is 0 Å². The fourth-order valence-electron chi connectivity index (χ4n) is 1.32. The normalized spacial score (nSPS) is 11.7. The van der Waals surface area contributed by atoms with Crippen LogP contribution in [-0.2, 0) is 6.54 Å². The summed E-state index contributed by atoms with van der Waals surface area (Å²) in [7, 11) is 0. The molecule has 17 heavy (non-hydrogen) atoms. The highest BCUT2D eigenvalue weighted by Crippen LogP contribution is 2.06. The van der Waals surface area contributed by atoms with Crippen molar-refractivity contribution in [2.75, 3.05) is 5.88 Å². The molecule has 0 saturated heterocycles. The maximum absolute atomic E-state index is 11.0. The van der Waals surface area contributed by atoms with E-state index in [0.717, 1.165) is 5.56 Å². The van der Waals surface area contributed by atoms with Gasteiger partial charge in [0.1, 0.15) is 0 Å². The number of benzene rings is 1. The molecule has 0 atom stereocenters. The molecule has 0 aliphatic carbocycles. The average molecular weight is 252 g/mol. The molecule has 1 aromatic carbocycles. The monoisotopic (exact) mass is 251 g/mol. The molecule has 0 fully saturated rings. The fourth-order valence-corrected chi connectivity index (χ4v) is 1.38. The van der Waals surface area contributed by atoms with E-state index in [-0.39, 0.29) is 11.8 Å². The van der Waals surface area contributed by atoms with Crippen LogP contribution in [0.25, 0.3) is 0 Å². The molecular formula is C11H10ClN3O2. The van der Waals surface area contributed by atoms with Crippen LogP contribution in [-0.4, -0.2) is 17.0 Å². The van der Waals surface area contributed by atoms with E-state index in [2.05, 4.69) is 10.3 Å². The van der Waals surface area contributed by atoms with Gasteiger partial charge in [-0.25, -0.2) is 4.99 Å². The van der Waals surface area contributed by atoms with Gasteiger partial charge in [0, 0.05) is 5.56 Å². The summed E-state index contributed by atoms with van der Waals surface area (Å²) in [6.45, 7) is 0.564. The molecule has 5 nitrogen and oxygen atoms in total. The van der Waals surface area contributed by atoms with E-state index in [1.54, 1.807) is 10.9 Å². The number of hydrogen-bond acceptors (Lipinski definition) is 4. The van der Waals surface area contributed by atoms with E-state index in [1.807, 2.05) is 30.3 Å². The van der Waals surface area contributed by atoms with E-state index < -0.39 is 5.90 Å². The highest BCUT2D eigenvalue weighted by molar-refractivity contribution is 6.26. The second-order valence-corrected chi connectivity index (χ2v) is 3.63. The largest absolute Gasteiger partial charge is 0.861 e. The zero-order valence-corrected chi connectivity index (χ0v) is 9.67. The molecule has 1 aromatic heterocycles. The van der Waals surface area contributed by atoms with Crippen molar-refractivity contribution in [3.8, 4) is 0 Å². The lowest BCUT2D eigenvalue weighted by Gasteiger charge is -2.00. The first-order valence-corrected chi connectivity index (χ1v) is 5.52. The Bertz CT molecular complexity index is 510. The van der Waals surface area contributed by atoms with Gasteiger partial charge in [-0.1, -0.05) is 30.3 Å². The predicted molar refractivity (Wildman–Crippen MR) is 60.1 cm³/mol. The number of alkyl halides is 1. The van der Waals surface area contributed by atoms with Crippen molar-refractivity contribution in [2.45, 2.75) is 6.54 Å². The minimum absolute atomic E-state index is 0.159. The zero-order valence-electron chi connectivity index (χ0n) is 8.91. The summed E-state index contributed by atoms with van der Waals surface area (Å²) in [4.78, 5) is 3.62. The van der Waals surface area contributed by atoms with E-state index in [4.69, 9.17) is 16.1 Å². The lowest BCUT2D eigenvalue weighted by molar-refractivity contribution is -0.754. The van der Waals surface area contributed by atoms with Gasteiger partial charge in [0.25, 0.3) is 6.20 Å². The van der Waals surface area contributed by atoms with Gasteiger partial charge in [-0.3, -0.25) is 4.52 Å². The van der Waals surface area contributed by atoms with Crippen molar-refractivity contribution in [1.29, 1.82) is 0 Å². The lowest BCUT2D eigenvalue weighted by atomic mass is 10.2. The van der Waals surface area contributed by atoms with Crippen LogP contribution in [0.5, 0.6) is 0 Å². The maximum Gasteiger partial charge on any atom is 0.320 e. The second-order valence-electron chi connectivity index (χ2n) is 3.36. The third kappa shape index (κ3) is 3.29. The van der Waals surface area contributed by atoms with E-state index in [0.29, 0.717) is 6.54 Å². The van der Waals surface area contributed by atoms with Crippen molar-refractivity contribution in [1.82, 2.24) is 5.27 Å². The molecule has 0 radical (unpaired) electrons. The van der Waals surface area contributed by atoms with Crippen LogP contribution < -0.4 is 9.79 Å². The number of nitrogens with zero attached hydrogens (tertiary/aromatic N) is 3. The Labute approximate surface area is 103 Å². The Morgan fingerprint density at radius 2 is 2.18 bits per heavy atom. The van der Waals surface area contributed by atoms with Crippen LogP contribution in [0.15, 0.2) is 46.0 Å². The van der Waals surface area contributed by atoms with E-state index >= 15 is 0 Å². The average Bonchev–Trinajstić information content (AvgIpc) is 2.77. The molecule has 0 aliphatic rings. The molecule has 2 rings (SSSR count). The van der Waals surface area contributed by atoms with Gasteiger partial charge in [-0.05, 0) is 10.6 Å². The summed E-state index contributed by atoms with van der Waals surface area (Å²) in [5.74, 6) is -0.458. The summed E-state index contributed by atoms with van der Waals surface area (Å²) in [5.41, 5.74) is 1.08. The molecule has 0 unspecified atom stereocenters. The first-order chi connectivity index (χ1) is 8.28. The summed E-state index contributed by atoms with van der Waals surface area (Å²) in [6, 6.07) is 9.78. The number of hydrogen-bond donors (Lipinski definition) is 0. The summed E-state index contributed by atoms with van der Waals surface area (Å²) in [6.07, 6.45) is 1.55. The molecule has 88 valence electrons. The molecule has 0 saturated carbocycles. The van der Waals surface area contributed by atoms with Crippen LogP contribution in [0.2, 0.25) is 0 Å². The van der Waals surface area contributed by atoms with Crippen LogP contribution >= 0.6 is 11.6 Å². The quantitative estimate of drug-likeness (QED) is 0.347. The third-order valence-electron chi connectivity index (χ3n) is 2.04. The smallest absolute Gasteiger partial charge is 0.320 e. The van der Waals surface area contributed by atoms with Crippen molar-refractivity contribution in [3.05, 3.63) is 42.1 Å². The minimum Gasteiger partial charge on any atom is -0.861 e. The zero-order chi connectivity index (χ0) is 12.1. The Morgan fingerprint density at radius 3 is 2.88 bits per heavy atom. The van der Waals surface area contributed by atoms with Crippen molar-refractivity contribution in [3.63, 3.8) is 0 Å². The highest BCUT2D eigenvalue weighted by atomic mass is 35.5. The Kier molecular flexibility index (Phi) is 3.72. The Morgan fingerprint density at radius 1 is 1.41 bits per heavy atom. The molecule has 2 aromatic rings. The summed E-state index contributed by atoms with van der Waals surface area (Å²) in [5, 5.41) is 14.7. The van der Waals surface area contributed by atoms with Crippen LogP contribution in [0.4, 0.5) is 5.88 Å². The van der Waals surface area contributed by atoms with Gasteiger partial charge in [-0.2, -0.15) is 0 Å². The number of halogens is 1. The first kappa shape index (κ1) is 11.6. The van der Waals surface area contributed by atoms with E-state index in [1.165, 1.54) is 0 Å². The maximum atomic E-state index is 11.0. The van der Waals surface area contributed by atoms with Gasteiger partial charge >= 0.3 is 5.88 Å². The molecule has 0 spiro atoms.